The maximum atomic E-state index is 12.6. The summed E-state index contributed by atoms with van der Waals surface area (Å²) in [7, 11) is 0. The van der Waals surface area contributed by atoms with Crippen molar-refractivity contribution in [2.45, 2.75) is 27.3 Å². The van der Waals surface area contributed by atoms with Crippen LogP contribution in [0, 0.1) is 20.8 Å². The zero-order valence-corrected chi connectivity index (χ0v) is 12.7. The minimum Gasteiger partial charge on any atom is -0.339 e. The van der Waals surface area contributed by atoms with Gasteiger partial charge in [0, 0.05) is 22.7 Å². The van der Waals surface area contributed by atoms with Crippen molar-refractivity contribution in [3.05, 3.63) is 70.9 Å². The van der Waals surface area contributed by atoms with Crippen LogP contribution in [0.1, 0.15) is 27.0 Å². The van der Waals surface area contributed by atoms with Gasteiger partial charge in [-0.25, -0.2) is 0 Å². The average Bonchev–Trinajstić information content (AvgIpc) is 2.78. The van der Waals surface area contributed by atoms with Crippen LogP contribution in [0.2, 0.25) is 0 Å². The van der Waals surface area contributed by atoms with Gasteiger partial charge in [0.2, 0.25) is 0 Å². The molecule has 0 bridgehead atoms. The summed E-state index contributed by atoms with van der Waals surface area (Å²) in [6, 6.07) is 14.3. The lowest BCUT2D eigenvalue weighted by Gasteiger charge is -2.08. The third-order valence-corrected chi connectivity index (χ3v) is 4.00. The molecule has 3 aromatic rings. The van der Waals surface area contributed by atoms with Crippen LogP contribution >= 0.6 is 0 Å². The summed E-state index contributed by atoms with van der Waals surface area (Å²) in [6.45, 7) is 6.48. The van der Waals surface area contributed by atoms with Gasteiger partial charge in [0.25, 0.3) is 0 Å². The van der Waals surface area contributed by atoms with E-state index in [4.69, 9.17) is 0 Å². The SMILES string of the molecule is Cc1ccc(C)c(C(=O)Cn2cc(C)c3ccccc32)c1. The minimum absolute atomic E-state index is 0.164. The molecular weight excluding hydrogens is 258 g/mol. The number of nitrogens with zero attached hydrogens (tertiary/aromatic N) is 1. The van der Waals surface area contributed by atoms with Gasteiger partial charge in [0.1, 0.15) is 0 Å². The minimum atomic E-state index is 0.164. The Labute approximate surface area is 125 Å². The zero-order chi connectivity index (χ0) is 15.0. The number of carbonyl (C=O) groups excluding carboxylic acids is 1. The molecule has 0 spiro atoms. The second kappa shape index (κ2) is 5.21. The summed E-state index contributed by atoms with van der Waals surface area (Å²) in [5.41, 5.74) is 5.31. The molecule has 0 atom stereocenters. The van der Waals surface area contributed by atoms with E-state index in [9.17, 15) is 4.79 Å². The first-order valence-corrected chi connectivity index (χ1v) is 7.21. The van der Waals surface area contributed by atoms with Gasteiger partial charge in [0.05, 0.1) is 6.54 Å². The van der Waals surface area contributed by atoms with Crippen molar-refractivity contribution in [1.82, 2.24) is 4.57 Å². The van der Waals surface area contributed by atoms with Gasteiger partial charge in [0.15, 0.2) is 5.78 Å². The predicted molar refractivity (Wildman–Crippen MR) is 86.9 cm³/mol. The first-order valence-electron chi connectivity index (χ1n) is 7.21. The normalized spacial score (nSPS) is 11.0. The van der Waals surface area contributed by atoms with Crippen molar-refractivity contribution in [3.63, 3.8) is 0 Å². The van der Waals surface area contributed by atoms with Crippen LogP contribution < -0.4 is 0 Å². The van der Waals surface area contributed by atoms with E-state index >= 15 is 0 Å². The van der Waals surface area contributed by atoms with Crippen molar-refractivity contribution < 1.29 is 4.79 Å². The third kappa shape index (κ3) is 2.49. The second-order valence-corrected chi connectivity index (χ2v) is 5.70. The van der Waals surface area contributed by atoms with Gasteiger partial charge in [-0.2, -0.15) is 0 Å². The van der Waals surface area contributed by atoms with Crippen LogP contribution in [0.25, 0.3) is 10.9 Å². The molecule has 21 heavy (non-hydrogen) atoms. The Morgan fingerprint density at radius 2 is 1.76 bits per heavy atom. The van der Waals surface area contributed by atoms with Crippen molar-refractivity contribution in [3.8, 4) is 0 Å². The summed E-state index contributed by atoms with van der Waals surface area (Å²) in [5.74, 6) is 0.164. The Balaban J connectivity index is 1.99. The van der Waals surface area contributed by atoms with E-state index in [0.717, 1.165) is 22.2 Å². The Morgan fingerprint density at radius 1 is 1.00 bits per heavy atom. The fraction of sp³-hybridized carbons (Fsp3) is 0.211. The number of aromatic nitrogens is 1. The van der Waals surface area contributed by atoms with Gasteiger partial charge in [-0.3, -0.25) is 4.79 Å². The summed E-state index contributed by atoms with van der Waals surface area (Å²) >= 11 is 0. The fourth-order valence-corrected chi connectivity index (χ4v) is 2.84. The molecule has 3 rings (SSSR count). The molecule has 106 valence electrons. The lowest BCUT2D eigenvalue weighted by molar-refractivity contribution is 0.0973. The van der Waals surface area contributed by atoms with Crippen LogP contribution in [-0.2, 0) is 6.54 Å². The number of benzene rings is 2. The summed E-state index contributed by atoms with van der Waals surface area (Å²) in [4.78, 5) is 12.6. The first kappa shape index (κ1) is 13.6. The summed E-state index contributed by atoms with van der Waals surface area (Å²) in [6.07, 6.45) is 2.06. The van der Waals surface area contributed by atoms with Crippen LogP contribution in [-0.4, -0.2) is 10.4 Å². The topological polar surface area (TPSA) is 22.0 Å². The molecule has 0 N–H and O–H groups in total. The molecule has 0 fully saturated rings. The molecule has 0 saturated heterocycles. The zero-order valence-electron chi connectivity index (χ0n) is 12.7. The van der Waals surface area contributed by atoms with Crippen LogP contribution in [0.15, 0.2) is 48.7 Å². The van der Waals surface area contributed by atoms with Crippen LogP contribution in [0.4, 0.5) is 0 Å². The van der Waals surface area contributed by atoms with E-state index in [1.54, 1.807) is 0 Å². The highest BCUT2D eigenvalue weighted by Crippen LogP contribution is 2.21. The molecule has 0 aliphatic carbocycles. The monoisotopic (exact) mass is 277 g/mol. The molecule has 0 radical (unpaired) electrons. The number of aryl methyl sites for hydroxylation is 3. The fourth-order valence-electron chi connectivity index (χ4n) is 2.84. The molecular formula is C19H19NO. The van der Waals surface area contributed by atoms with Crippen molar-refractivity contribution in [1.29, 1.82) is 0 Å². The maximum absolute atomic E-state index is 12.6. The average molecular weight is 277 g/mol. The van der Waals surface area contributed by atoms with Gasteiger partial charge in [-0.1, -0.05) is 35.9 Å². The molecule has 1 aromatic heterocycles. The van der Waals surface area contributed by atoms with Crippen LogP contribution in [0.5, 0.6) is 0 Å². The highest BCUT2D eigenvalue weighted by atomic mass is 16.1. The highest BCUT2D eigenvalue weighted by Gasteiger charge is 2.12. The van der Waals surface area contributed by atoms with E-state index in [1.165, 1.54) is 10.9 Å². The number of carbonyl (C=O) groups is 1. The van der Waals surface area contributed by atoms with Crippen molar-refractivity contribution in [2.24, 2.45) is 0 Å². The van der Waals surface area contributed by atoms with Gasteiger partial charge < -0.3 is 4.57 Å². The summed E-state index contributed by atoms with van der Waals surface area (Å²) < 4.78 is 2.05. The number of rotatable bonds is 3. The number of para-hydroxylation sites is 1. The largest absolute Gasteiger partial charge is 0.339 e. The van der Waals surface area contributed by atoms with Gasteiger partial charge >= 0.3 is 0 Å². The molecule has 0 aliphatic rings. The molecule has 0 amide bonds. The number of fused-ring (bicyclic) bond motifs is 1. The maximum Gasteiger partial charge on any atom is 0.182 e. The molecule has 1 heterocycles. The molecule has 2 aromatic carbocycles. The van der Waals surface area contributed by atoms with Crippen molar-refractivity contribution in [2.75, 3.05) is 0 Å². The van der Waals surface area contributed by atoms with Crippen molar-refractivity contribution >= 4 is 16.7 Å². The number of hydrogen-bond acceptors (Lipinski definition) is 1. The Morgan fingerprint density at radius 3 is 2.57 bits per heavy atom. The predicted octanol–water partition coefficient (Wildman–Crippen LogP) is 4.45. The van der Waals surface area contributed by atoms with E-state index in [1.807, 2.05) is 44.2 Å². The smallest absolute Gasteiger partial charge is 0.182 e. The summed E-state index contributed by atoms with van der Waals surface area (Å²) in [5, 5.41) is 1.21. The molecule has 0 unspecified atom stereocenters. The standard InChI is InChI=1S/C19H19NO/c1-13-8-9-14(2)17(10-13)19(21)12-20-11-15(3)16-6-4-5-7-18(16)20/h4-11H,12H2,1-3H3. The van der Waals surface area contributed by atoms with E-state index in [-0.39, 0.29) is 5.78 Å². The van der Waals surface area contributed by atoms with E-state index < -0.39 is 0 Å². The highest BCUT2D eigenvalue weighted by molar-refractivity contribution is 5.98. The quantitative estimate of drug-likeness (QED) is 0.648. The van der Waals surface area contributed by atoms with Gasteiger partial charge in [-0.15, -0.1) is 0 Å². The lowest BCUT2D eigenvalue weighted by atomic mass is 10.0. The number of hydrogen-bond donors (Lipinski definition) is 0. The Hall–Kier alpha value is -2.35. The number of Topliss-reactive ketones (excluding diaryl/α,β-unsaturated/α-hetero) is 1. The number of ketones is 1. The molecule has 0 aliphatic heterocycles. The van der Waals surface area contributed by atoms with E-state index in [0.29, 0.717) is 6.54 Å². The third-order valence-electron chi connectivity index (χ3n) is 4.00. The molecule has 2 heteroatoms. The Kier molecular flexibility index (Phi) is 3.38. The molecule has 0 saturated carbocycles. The first-order chi connectivity index (χ1) is 10.1. The second-order valence-electron chi connectivity index (χ2n) is 5.70. The van der Waals surface area contributed by atoms with Crippen LogP contribution in [0.3, 0.4) is 0 Å². The Bertz CT molecular complexity index is 827. The molecule has 2 nitrogen and oxygen atoms in total. The van der Waals surface area contributed by atoms with Gasteiger partial charge in [-0.05, 0) is 44.0 Å². The lowest BCUT2D eigenvalue weighted by Crippen LogP contribution is -2.11. The van der Waals surface area contributed by atoms with E-state index in [2.05, 4.69) is 29.8 Å².